The number of benzene rings is 1. The number of likely N-dealkylation sites (N-methyl/N-ethyl adjacent to an activating group) is 1. The molecule has 0 saturated carbocycles. The van der Waals surface area contributed by atoms with Crippen molar-refractivity contribution in [3.63, 3.8) is 0 Å². The van der Waals surface area contributed by atoms with Gasteiger partial charge in [0.15, 0.2) is 0 Å². The molecule has 0 saturated heterocycles. The van der Waals surface area contributed by atoms with Gasteiger partial charge in [-0.25, -0.2) is 4.98 Å². The van der Waals surface area contributed by atoms with E-state index in [0.717, 1.165) is 19.3 Å². The summed E-state index contributed by atoms with van der Waals surface area (Å²) in [6, 6.07) is 10.7. The molecule has 1 aliphatic carbocycles. The summed E-state index contributed by atoms with van der Waals surface area (Å²) >= 11 is 1.79. The summed E-state index contributed by atoms with van der Waals surface area (Å²) < 4.78 is 0. The number of nitrogens with zero attached hydrogens (tertiary/aromatic N) is 1. The maximum Gasteiger partial charge on any atom is 0.0797 e. The van der Waals surface area contributed by atoms with Crippen molar-refractivity contribution in [1.29, 1.82) is 0 Å². The maximum atomic E-state index is 4.50. The molecular weight excluding hydrogens is 228 g/mol. The smallest absolute Gasteiger partial charge is 0.0797 e. The predicted octanol–water partition coefficient (Wildman–Crippen LogP) is 2.75. The molecule has 17 heavy (non-hydrogen) atoms. The largest absolute Gasteiger partial charge is 0.310 e. The highest BCUT2D eigenvalue weighted by atomic mass is 32.1. The lowest BCUT2D eigenvalue weighted by atomic mass is 9.78. The van der Waals surface area contributed by atoms with Gasteiger partial charge >= 0.3 is 0 Å². The van der Waals surface area contributed by atoms with Crippen LogP contribution in [0.25, 0.3) is 0 Å². The molecule has 1 aliphatic rings. The van der Waals surface area contributed by atoms with Crippen LogP contribution in [0.5, 0.6) is 0 Å². The zero-order chi connectivity index (χ0) is 11.7. The molecule has 0 spiro atoms. The van der Waals surface area contributed by atoms with Crippen LogP contribution in [0.2, 0.25) is 0 Å². The van der Waals surface area contributed by atoms with Gasteiger partial charge in [0.25, 0.3) is 0 Å². The highest BCUT2D eigenvalue weighted by Gasteiger charge is 2.35. The van der Waals surface area contributed by atoms with E-state index in [2.05, 4.69) is 47.7 Å². The van der Waals surface area contributed by atoms with E-state index in [1.165, 1.54) is 16.1 Å². The Balaban J connectivity index is 2.01. The normalized spacial score (nSPS) is 23.4. The summed E-state index contributed by atoms with van der Waals surface area (Å²) in [6.07, 6.45) is 3.30. The first-order valence-corrected chi connectivity index (χ1v) is 6.88. The molecule has 1 aromatic heterocycles. The molecule has 2 aromatic rings. The first-order valence-electron chi connectivity index (χ1n) is 6.00. The molecule has 0 amide bonds. The first kappa shape index (κ1) is 10.9. The van der Waals surface area contributed by atoms with Crippen molar-refractivity contribution in [1.82, 2.24) is 10.3 Å². The topological polar surface area (TPSA) is 24.9 Å². The molecule has 0 aliphatic heterocycles. The quantitative estimate of drug-likeness (QED) is 0.878. The van der Waals surface area contributed by atoms with Crippen LogP contribution in [0.3, 0.4) is 0 Å². The van der Waals surface area contributed by atoms with E-state index >= 15 is 0 Å². The lowest BCUT2D eigenvalue weighted by molar-refractivity contribution is 0.313. The van der Waals surface area contributed by atoms with Crippen LogP contribution in [0.4, 0.5) is 0 Å². The van der Waals surface area contributed by atoms with E-state index in [1.807, 2.05) is 5.51 Å². The third-order valence-corrected chi connectivity index (χ3v) is 4.71. The second-order valence-electron chi connectivity index (χ2n) is 4.60. The predicted molar refractivity (Wildman–Crippen MR) is 71.3 cm³/mol. The van der Waals surface area contributed by atoms with Gasteiger partial charge in [-0.2, -0.15) is 0 Å². The summed E-state index contributed by atoms with van der Waals surface area (Å²) in [6.45, 7) is 0. The van der Waals surface area contributed by atoms with Crippen LogP contribution < -0.4 is 5.32 Å². The van der Waals surface area contributed by atoms with E-state index in [4.69, 9.17) is 0 Å². The minimum Gasteiger partial charge on any atom is -0.310 e. The molecule has 2 nitrogen and oxygen atoms in total. The molecule has 1 aromatic carbocycles. The average Bonchev–Trinajstić information content (AvgIpc) is 2.86. The van der Waals surface area contributed by atoms with Gasteiger partial charge < -0.3 is 5.32 Å². The van der Waals surface area contributed by atoms with Crippen molar-refractivity contribution in [2.45, 2.75) is 24.8 Å². The van der Waals surface area contributed by atoms with Gasteiger partial charge in [-0.3, -0.25) is 0 Å². The number of thiazole rings is 1. The first-order chi connectivity index (χ1) is 8.34. The fraction of sp³-hybridized carbons (Fsp3) is 0.357. The van der Waals surface area contributed by atoms with Crippen LogP contribution in [0, 0.1) is 0 Å². The van der Waals surface area contributed by atoms with Crippen LogP contribution in [-0.4, -0.2) is 12.0 Å². The second kappa shape index (κ2) is 4.24. The zero-order valence-corrected chi connectivity index (χ0v) is 10.8. The summed E-state index contributed by atoms with van der Waals surface area (Å²) in [7, 11) is 2.06. The molecule has 88 valence electrons. The molecular formula is C14H16N2S. The molecule has 1 atom stereocenters. The SMILES string of the molecule is CNC1(c2ccccc2)CCc2scnc2C1. The lowest BCUT2D eigenvalue weighted by Gasteiger charge is -2.37. The van der Waals surface area contributed by atoms with Crippen molar-refractivity contribution >= 4 is 11.3 Å². The Kier molecular flexibility index (Phi) is 2.73. The van der Waals surface area contributed by atoms with E-state index in [9.17, 15) is 0 Å². The summed E-state index contributed by atoms with van der Waals surface area (Å²) in [5.74, 6) is 0. The monoisotopic (exact) mass is 244 g/mol. The Labute approximate surface area is 106 Å². The van der Waals surface area contributed by atoms with Gasteiger partial charge in [0.1, 0.15) is 0 Å². The Bertz CT molecular complexity index is 506. The van der Waals surface area contributed by atoms with Crippen molar-refractivity contribution < 1.29 is 0 Å². The van der Waals surface area contributed by atoms with Gasteiger partial charge in [-0.1, -0.05) is 30.3 Å². The van der Waals surface area contributed by atoms with Crippen molar-refractivity contribution in [3.05, 3.63) is 52.0 Å². The van der Waals surface area contributed by atoms with E-state index in [-0.39, 0.29) is 5.54 Å². The average molecular weight is 244 g/mol. The second-order valence-corrected chi connectivity index (χ2v) is 5.54. The minimum absolute atomic E-state index is 0.0718. The standard InChI is InChI=1S/C14H16N2S/c1-15-14(11-5-3-2-4-6-11)8-7-13-12(9-14)16-10-17-13/h2-6,10,15H,7-9H2,1H3. The lowest BCUT2D eigenvalue weighted by Crippen LogP contribution is -2.44. The minimum atomic E-state index is 0.0718. The van der Waals surface area contributed by atoms with Crippen LogP contribution >= 0.6 is 11.3 Å². The molecule has 3 rings (SSSR count). The molecule has 1 heterocycles. The zero-order valence-electron chi connectivity index (χ0n) is 9.94. The summed E-state index contributed by atoms with van der Waals surface area (Å²) in [4.78, 5) is 5.97. The van der Waals surface area contributed by atoms with Gasteiger partial charge in [0.2, 0.25) is 0 Å². The van der Waals surface area contributed by atoms with E-state index in [0.29, 0.717) is 0 Å². The van der Waals surface area contributed by atoms with E-state index < -0.39 is 0 Å². The third-order valence-electron chi connectivity index (χ3n) is 3.78. The summed E-state index contributed by atoms with van der Waals surface area (Å²) in [5, 5.41) is 3.53. The molecule has 1 N–H and O–H groups in total. The molecule has 0 radical (unpaired) electrons. The van der Waals surface area contributed by atoms with Gasteiger partial charge in [0.05, 0.1) is 11.2 Å². The maximum absolute atomic E-state index is 4.50. The Morgan fingerprint density at radius 3 is 2.88 bits per heavy atom. The van der Waals surface area contributed by atoms with Crippen LogP contribution in [-0.2, 0) is 18.4 Å². The molecule has 0 fully saturated rings. The van der Waals surface area contributed by atoms with Gasteiger partial charge in [-0.15, -0.1) is 11.3 Å². The number of aryl methyl sites for hydroxylation is 1. The number of hydrogen-bond acceptors (Lipinski definition) is 3. The Morgan fingerprint density at radius 2 is 2.12 bits per heavy atom. The third kappa shape index (κ3) is 1.79. The number of hydrogen-bond donors (Lipinski definition) is 1. The number of fused-ring (bicyclic) bond motifs is 1. The fourth-order valence-electron chi connectivity index (χ4n) is 2.70. The van der Waals surface area contributed by atoms with Crippen molar-refractivity contribution in [2.75, 3.05) is 7.05 Å². The molecule has 0 bridgehead atoms. The number of aromatic nitrogens is 1. The van der Waals surface area contributed by atoms with Gasteiger partial charge in [0, 0.05) is 16.8 Å². The van der Waals surface area contributed by atoms with Crippen molar-refractivity contribution in [2.24, 2.45) is 0 Å². The fourth-order valence-corrected chi connectivity index (χ4v) is 3.49. The van der Waals surface area contributed by atoms with Gasteiger partial charge in [-0.05, 0) is 25.5 Å². The highest BCUT2D eigenvalue weighted by molar-refractivity contribution is 7.09. The van der Waals surface area contributed by atoms with E-state index in [1.54, 1.807) is 11.3 Å². The van der Waals surface area contributed by atoms with Crippen molar-refractivity contribution in [3.8, 4) is 0 Å². The Hall–Kier alpha value is -1.19. The highest BCUT2D eigenvalue weighted by Crippen LogP contribution is 2.36. The number of rotatable bonds is 2. The Morgan fingerprint density at radius 1 is 1.29 bits per heavy atom. The molecule has 3 heteroatoms. The van der Waals surface area contributed by atoms with Crippen LogP contribution in [0.1, 0.15) is 22.6 Å². The number of nitrogens with one attached hydrogen (secondary N) is 1. The van der Waals surface area contributed by atoms with Crippen LogP contribution in [0.15, 0.2) is 35.8 Å². The summed E-state index contributed by atoms with van der Waals surface area (Å²) in [5.41, 5.74) is 4.70. The molecule has 1 unspecified atom stereocenters.